The number of carbonyl (C=O) groups excluding carboxylic acids is 1. The van der Waals surface area contributed by atoms with Gasteiger partial charge in [0.1, 0.15) is 0 Å². The number of nitrogen functional groups attached to an aromatic ring is 2. The molecule has 5 N–H and O–H groups in total. The Labute approximate surface area is 298 Å². The Balaban J connectivity index is 1.54. The van der Waals surface area contributed by atoms with Crippen LogP contribution < -0.4 is 21.7 Å². The topological polar surface area (TPSA) is 111 Å². The molecule has 6 aromatic rings. The number of allylic oxidation sites excluding steroid dienone is 2. The molecule has 6 aromatic carbocycles. The number of anilines is 4. The number of ketones is 1. The lowest BCUT2D eigenvalue weighted by Gasteiger charge is -2.36. The molecule has 1 unspecified atom stereocenters. The fourth-order valence-corrected chi connectivity index (χ4v) is 7.83. The molecule has 0 saturated heterocycles. The van der Waals surface area contributed by atoms with Crippen molar-refractivity contribution in [2.24, 2.45) is 0 Å². The van der Waals surface area contributed by atoms with Crippen LogP contribution in [0.15, 0.2) is 96.2 Å². The summed E-state index contributed by atoms with van der Waals surface area (Å²) in [5.74, 6) is 1.01. The summed E-state index contributed by atoms with van der Waals surface area (Å²) in [7, 11) is 0. The largest absolute Gasteiger partial charge is 0.775 e. The lowest BCUT2D eigenvalue weighted by Crippen LogP contribution is -2.31. The Bertz CT molecular complexity index is 2510. The molecule has 0 amide bonds. The van der Waals surface area contributed by atoms with Crippen molar-refractivity contribution in [2.75, 3.05) is 41.3 Å². The number of carbonyl (C=O) groups is 1. The van der Waals surface area contributed by atoms with E-state index >= 15 is 0 Å². The van der Waals surface area contributed by atoms with E-state index in [-0.39, 0.29) is 11.5 Å². The van der Waals surface area contributed by atoms with Gasteiger partial charge in [-0.1, -0.05) is 69.3 Å². The molecule has 51 heavy (non-hydrogen) atoms. The number of fused-ring (bicyclic) bond motifs is 4. The smallest absolute Gasteiger partial charge is 0.210 e. The van der Waals surface area contributed by atoms with Crippen molar-refractivity contribution in [3.63, 3.8) is 0 Å². The van der Waals surface area contributed by atoms with Crippen molar-refractivity contribution in [3.8, 4) is 0 Å². The first-order valence-electron chi connectivity index (χ1n) is 17.8. The molecule has 0 aliphatic heterocycles. The predicted molar refractivity (Wildman–Crippen MR) is 216 cm³/mol. The van der Waals surface area contributed by atoms with Crippen LogP contribution in [0.4, 0.5) is 22.7 Å². The minimum Gasteiger partial charge on any atom is -0.775 e. The van der Waals surface area contributed by atoms with Crippen LogP contribution in [0.5, 0.6) is 0 Å². The van der Waals surface area contributed by atoms with Gasteiger partial charge in [-0.3, -0.25) is 10.7 Å². The molecular weight excluding hydrogens is 629 g/mol. The van der Waals surface area contributed by atoms with Gasteiger partial charge in [-0.15, -0.1) is 0 Å². The quantitative estimate of drug-likeness (QED) is 0.0550. The highest BCUT2D eigenvalue weighted by Crippen LogP contribution is 2.54. The third kappa shape index (κ3) is 5.55. The number of hydrogen-bond donors (Lipinski definition) is 3. The van der Waals surface area contributed by atoms with Crippen molar-refractivity contribution < 1.29 is 4.79 Å². The van der Waals surface area contributed by atoms with Gasteiger partial charge in [-0.25, -0.2) is 4.85 Å². The zero-order valence-corrected chi connectivity index (χ0v) is 29.3. The molecule has 7 rings (SSSR count). The first-order chi connectivity index (χ1) is 24.8. The zero-order chi connectivity index (χ0) is 35.8. The van der Waals surface area contributed by atoms with Gasteiger partial charge in [-0.2, -0.15) is 0 Å². The number of hydrogen-bond acceptors (Lipinski definition) is 5. The first-order valence-corrected chi connectivity index (χ1v) is 17.8. The van der Waals surface area contributed by atoms with E-state index in [0.717, 1.165) is 93.4 Å². The fraction of sp³-hybridized carbons (Fsp3) is 0.227. The predicted octanol–water partition coefficient (Wildman–Crippen LogP) is 10.1. The van der Waals surface area contributed by atoms with Crippen molar-refractivity contribution in [2.45, 2.75) is 46.0 Å². The Morgan fingerprint density at radius 1 is 0.804 bits per heavy atom. The highest BCUT2D eigenvalue weighted by atomic mass is 16.1. The van der Waals surface area contributed by atoms with Crippen molar-refractivity contribution in [3.05, 3.63) is 124 Å². The normalized spacial score (nSPS) is 14.2. The van der Waals surface area contributed by atoms with Crippen molar-refractivity contribution in [1.82, 2.24) is 0 Å². The van der Waals surface area contributed by atoms with Crippen LogP contribution in [-0.2, 0) is 4.79 Å². The number of benzene rings is 6. The highest BCUT2D eigenvalue weighted by molar-refractivity contribution is 6.38. The van der Waals surface area contributed by atoms with Crippen molar-refractivity contribution >= 4 is 83.1 Å². The molecule has 0 saturated carbocycles. The Hall–Kier alpha value is -6.09. The average molecular weight is 670 g/mol. The first kappa shape index (κ1) is 33.4. The number of nitrogens with two attached hydrogens (primary N) is 2. The maximum absolute atomic E-state index is 14.9. The molecule has 0 bridgehead atoms. The summed E-state index contributed by atoms with van der Waals surface area (Å²) >= 11 is 0. The van der Waals surface area contributed by atoms with Gasteiger partial charge < -0.3 is 27.1 Å². The van der Waals surface area contributed by atoms with Crippen LogP contribution in [-0.4, -0.2) is 31.3 Å². The molecule has 1 atom stereocenters. The van der Waals surface area contributed by atoms with E-state index in [2.05, 4.69) is 84.2 Å². The fourth-order valence-electron chi connectivity index (χ4n) is 7.83. The molecule has 254 valence electrons. The summed E-state index contributed by atoms with van der Waals surface area (Å²) in [6.45, 7) is 17.0. The minimum atomic E-state index is -0.903. The minimum absolute atomic E-state index is 0.132. The molecule has 0 heterocycles. The third-order valence-corrected chi connectivity index (χ3v) is 10.1. The van der Waals surface area contributed by atoms with Gasteiger partial charge in [-0.05, 0) is 99.1 Å². The van der Waals surface area contributed by atoms with Gasteiger partial charge in [0, 0.05) is 64.3 Å². The summed E-state index contributed by atoms with van der Waals surface area (Å²) < 4.78 is 0. The summed E-state index contributed by atoms with van der Waals surface area (Å²) in [6.07, 6.45) is 2.86. The van der Waals surface area contributed by atoms with Gasteiger partial charge in [0.2, 0.25) is 5.70 Å². The summed E-state index contributed by atoms with van der Waals surface area (Å²) in [6, 6.07) is 28.6. The van der Waals surface area contributed by atoms with E-state index in [0.29, 0.717) is 33.6 Å². The lowest BCUT2D eigenvalue weighted by molar-refractivity contribution is -0.115. The highest BCUT2D eigenvalue weighted by Gasteiger charge is 2.45. The number of nitrogens with zero attached hydrogens (tertiary/aromatic N) is 3. The van der Waals surface area contributed by atoms with Crippen LogP contribution >= 0.6 is 0 Å². The summed E-state index contributed by atoms with van der Waals surface area (Å²) in [4.78, 5) is 20.9. The standard InChI is InChI=1S/C44H41N6O/c1-5-16-49-36-23-34(46)39(32-21-28-14-10-8-12-26(28)19-30(32)36)42-41(37(25-45)48-4)43(44(42)51)40-33-22-29-15-11-9-13-27(29)20-31(33)38(24-35(40)47)50(17-6-2)18-7-3/h8-15,19-24,43,49H,5-7,16-18,46-47H2,1-3H3/q-1. The van der Waals surface area contributed by atoms with Crippen LogP contribution in [0.3, 0.4) is 0 Å². The Kier molecular flexibility index (Phi) is 8.95. The monoisotopic (exact) mass is 669 g/mol. The maximum atomic E-state index is 14.9. The van der Waals surface area contributed by atoms with Gasteiger partial charge in [0.05, 0.1) is 12.5 Å². The molecular formula is C44H41N6O-. The molecule has 0 spiro atoms. The van der Waals surface area contributed by atoms with E-state index in [9.17, 15) is 10.2 Å². The van der Waals surface area contributed by atoms with E-state index in [4.69, 9.17) is 18.0 Å². The van der Waals surface area contributed by atoms with Crippen LogP contribution in [0.1, 0.15) is 57.1 Å². The van der Waals surface area contributed by atoms with Gasteiger partial charge >= 0.3 is 0 Å². The average Bonchev–Trinajstić information content (AvgIpc) is 3.14. The third-order valence-electron chi connectivity index (χ3n) is 10.1. The molecule has 0 aromatic heterocycles. The SMILES string of the molecule is [C-]#[N+]C(=C=[N-])C1=C(c2c(N)cc(NCCC)c3cc4ccccc4cc23)C(=O)C1c1c(N)cc(N(CCC)CCC)c2cc3ccccc3cc12. The van der Waals surface area contributed by atoms with Gasteiger partial charge in [0.15, 0.2) is 5.78 Å². The zero-order valence-electron chi connectivity index (χ0n) is 29.3. The number of nitrogens with one attached hydrogen (secondary N) is 1. The van der Waals surface area contributed by atoms with E-state index in [1.165, 1.54) is 0 Å². The molecule has 7 nitrogen and oxygen atoms in total. The molecule has 0 radical (unpaired) electrons. The van der Waals surface area contributed by atoms with E-state index < -0.39 is 5.92 Å². The number of Topliss-reactive ketones (excluding diaryl/α,β-unsaturated/α-hetero) is 1. The summed E-state index contributed by atoms with van der Waals surface area (Å²) in [5.41, 5.74) is 18.4. The molecule has 0 fully saturated rings. The second kappa shape index (κ2) is 13.7. The van der Waals surface area contributed by atoms with Crippen LogP contribution in [0.2, 0.25) is 0 Å². The summed E-state index contributed by atoms with van der Waals surface area (Å²) in [5, 5.41) is 21.6. The molecule has 1 aliphatic rings. The Morgan fingerprint density at radius 3 is 1.92 bits per heavy atom. The second-order valence-corrected chi connectivity index (χ2v) is 13.3. The van der Waals surface area contributed by atoms with Crippen molar-refractivity contribution in [1.29, 1.82) is 0 Å². The maximum Gasteiger partial charge on any atom is 0.210 e. The van der Waals surface area contributed by atoms with E-state index in [1.54, 1.807) is 0 Å². The molecule has 7 heteroatoms. The van der Waals surface area contributed by atoms with Crippen LogP contribution in [0, 0.1) is 6.57 Å². The van der Waals surface area contributed by atoms with Crippen LogP contribution in [0.25, 0.3) is 58.9 Å². The number of rotatable bonds is 11. The Morgan fingerprint density at radius 2 is 1.37 bits per heavy atom. The second-order valence-electron chi connectivity index (χ2n) is 13.3. The van der Waals surface area contributed by atoms with Gasteiger partial charge in [0.25, 0.3) is 0 Å². The van der Waals surface area contributed by atoms with E-state index in [1.807, 2.05) is 42.5 Å². The lowest BCUT2D eigenvalue weighted by atomic mass is 9.66. The molecule has 1 aliphatic carbocycles.